The zero-order valence-corrected chi connectivity index (χ0v) is 28.9. The van der Waals surface area contributed by atoms with Crippen molar-refractivity contribution >= 4 is 27.6 Å². The summed E-state index contributed by atoms with van der Waals surface area (Å²) in [5.41, 5.74) is 0.657. The van der Waals surface area contributed by atoms with Gasteiger partial charge in [-0.05, 0) is 62.6 Å². The number of phosphoric acid groups is 2. The van der Waals surface area contributed by atoms with Crippen LogP contribution in [-0.4, -0.2) is 50.3 Å². The molecular weight excluding hydrogens is 604 g/mol. The lowest BCUT2D eigenvalue weighted by Crippen LogP contribution is -2.34. The topological polar surface area (TPSA) is 110 Å². The Hall–Kier alpha value is -1.93. The van der Waals surface area contributed by atoms with Gasteiger partial charge in [0.25, 0.3) is 0 Å². The van der Waals surface area contributed by atoms with Gasteiger partial charge in [0.15, 0.2) is 11.5 Å². The second-order valence-electron chi connectivity index (χ2n) is 10.6. The van der Waals surface area contributed by atoms with Crippen LogP contribution in [0.4, 0.5) is 0 Å². The maximum atomic E-state index is 13.7. The molecule has 2 rings (SSSR count). The Morgan fingerprint density at radius 1 is 0.705 bits per heavy atom. The van der Waals surface area contributed by atoms with Crippen LogP contribution in [0, 0.1) is 0 Å². The molecule has 0 spiro atoms. The number of hydrogen-bond donors (Lipinski definition) is 0. The van der Waals surface area contributed by atoms with Crippen LogP contribution in [0.2, 0.25) is 0 Å². The summed E-state index contributed by atoms with van der Waals surface area (Å²) < 4.78 is 61.7. The molecule has 12 heteroatoms. The van der Waals surface area contributed by atoms with Crippen molar-refractivity contribution in [3.63, 3.8) is 0 Å². The second kappa shape index (κ2) is 21.7. The number of amides is 1. The fraction of sp³-hybridized carbons (Fsp3) is 0.656. The Morgan fingerprint density at radius 2 is 1.18 bits per heavy atom. The van der Waals surface area contributed by atoms with Crippen molar-refractivity contribution in [2.75, 3.05) is 39.5 Å². The molecule has 1 aromatic rings. The molecule has 10 nitrogen and oxygen atoms in total. The molecule has 250 valence electrons. The third-order valence-electron chi connectivity index (χ3n) is 6.68. The van der Waals surface area contributed by atoms with E-state index in [-0.39, 0.29) is 43.8 Å². The van der Waals surface area contributed by atoms with E-state index in [4.69, 9.17) is 27.1 Å². The van der Waals surface area contributed by atoms with E-state index in [1.807, 2.05) is 32.6 Å². The zero-order chi connectivity index (χ0) is 32.1. The number of phosphoric ester groups is 2. The molecule has 0 N–H and O–H groups in total. The van der Waals surface area contributed by atoms with Gasteiger partial charge >= 0.3 is 15.6 Å². The van der Waals surface area contributed by atoms with Crippen LogP contribution < -0.4 is 9.05 Å². The van der Waals surface area contributed by atoms with Crippen molar-refractivity contribution in [2.24, 2.45) is 0 Å². The summed E-state index contributed by atoms with van der Waals surface area (Å²) in [6.45, 7) is 10.3. The molecule has 1 aliphatic rings. The van der Waals surface area contributed by atoms with Gasteiger partial charge in [0.05, 0.1) is 26.4 Å². The summed E-state index contributed by atoms with van der Waals surface area (Å²) in [5, 5.41) is 0. The molecule has 0 aliphatic carbocycles. The third kappa shape index (κ3) is 14.9. The van der Waals surface area contributed by atoms with Crippen molar-refractivity contribution in [1.82, 2.24) is 4.90 Å². The summed E-state index contributed by atoms with van der Waals surface area (Å²) in [6.07, 6.45) is 16.0. The molecule has 1 fully saturated rings. The highest BCUT2D eigenvalue weighted by atomic mass is 31.2. The highest BCUT2D eigenvalue weighted by molar-refractivity contribution is 7.49. The summed E-state index contributed by atoms with van der Waals surface area (Å²) in [5.74, 6) is 0.0152. The minimum atomic E-state index is -4.07. The molecule has 0 saturated carbocycles. The quantitative estimate of drug-likeness (QED) is 0.0492. The Bertz CT molecular complexity index is 1090. The maximum absolute atomic E-state index is 13.7. The van der Waals surface area contributed by atoms with E-state index in [9.17, 15) is 13.9 Å². The van der Waals surface area contributed by atoms with Gasteiger partial charge in [-0.25, -0.2) is 9.13 Å². The molecule has 1 heterocycles. The average Bonchev–Trinajstić information content (AvgIpc) is 3.01. The number of carbonyl (C=O) groups is 1. The molecule has 1 amide bonds. The van der Waals surface area contributed by atoms with Gasteiger partial charge < -0.3 is 13.9 Å². The first-order chi connectivity index (χ1) is 21.3. The predicted molar refractivity (Wildman–Crippen MR) is 175 cm³/mol. The van der Waals surface area contributed by atoms with Crippen molar-refractivity contribution in [1.29, 1.82) is 0 Å². The molecular formula is C32H53NO9P2. The van der Waals surface area contributed by atoms with Crippen molar-refractivity contribution < 1.29 is 41.1 Å². The zero-order valence-electron chi connectivity index (χ0n) is 27.1. The third-order valence-corrected chi connectivity index (χ3v) is 9.52. The molecule has 1 aliphatic heterocycles. The number of nitrogens with zero attached hydrogens (tertiary/aromatic N) is 1. The fourth-order valence-electron chi connectivity index (χ4n) is 4.00. The lowest BCUT2D eigenvalue weighted by molar-refractivity contribution is -0.126. The first-order valence-corrected chi connectivity index (χ1v) is 19.1. The van der Waals surface area contributed by atoms with Gasteiger partial charge in [-0.2, -0.15) is 0 Å². The number of unbranched alkanes of at least 4 members (excludes halogenated alkanes) is 4. The Morgan fingerprint density at radius 3 is 1.66 bits per heavy atom. The number of hydrogen-bond acceptors (Lipinski definition) is 9. The Balaban J connectivity index is 2.37. The summed E-state index contributed by atoms with van der Waals surface area (Å²) >= 11 is 0. The number of allylic oxidation sites excluding steroid dienone is 2. The second-order valence-corrected chi connectivity index (χ2v) is 13.8. The van der Waals surface area contributed by atoms with E-state index in [0.717, 1.165) is 58.0 Å². The van der Waals surface area contributed by atoms with Crippen LogP contribution in [0.5, 0.6) is 11.5 Å². The smallest absolute Gasteiger partial charge is 0.400 e. The molecule has 44 heavy (non-hydrogen) atoms. The molecule has 1 aromatic carbocycles. The lowest BCUT2D eigenvalue weighted by Gasteiger charge is -2.25. The van der Waals surface area contributed by atoms with Gasteiger partial charge in [-0.3, -0.25) is 22.9 Å². The predicted octanol–water partition coefficient (Wildman–Crippen LogP) is 9.51. The number of piperidine rings is 1. The molecule has 0 atom stereocenters. The number of carbonyl (C=O) groups excluding carboxylic acids is 1. The van der Waals surface area contributed by atoms with Crippen LogP contribution >= 0.6 is 15.6 Å². The van der Waals surface area contributed by atoms with Gasteiger partial charge in [-0.1, -0.05) is 77.7 Å². The van der Waals surface area contributed by atoms with Crippen molar-refractivity contribution in [3.05, 3.63) is 42.0 Å². The Labute approximate surface area is 264 Å². The van der Waals surface area contributed by atoms with Gasteiger partial charge in [0, 0.05) is 19.2 Å². The van der Waals surface area contributed by atoms with Crippen LogP contribution in [0.25, 0.3) is 6.08 Å². The van der Waals surface area contributed by atoms with E-state index < -0.39 is 15.6 Å². The molecule has 0 radical (unpaired) electrons. The van der Waals surface area contributed by atoms with Gasteiger partial charge in [0.2, 0.25) is 5.91 Å². The monoisotopic (exact) mass is 657 g/mol. The minimum absolute atomic E-state index is 0.00950. The highest BCUT2D eigenvalue weighted by Gasteiger charge is 2.34. The fourth-order valence-corrected chi connectivity index (χ4v) is 6.55. The summed E-state index contributed by atoms with van der Waals surface area (Å²) in [7, 11) is -8.10. The van der Waals surface area contributed by atoms with Crippen LogP contribution in [0.1, 0.15) is 104 Å². The average molecular weight is 658 g/mol. The lowest BCUT2D eigenvalue weighted by atomic mass is 10.1. The van der Waals surface area contributed by atoms with Crippen LogP contribution in [0.3, 0.4) is 0 Å². The molecule has 0 aromatic heterocycles. The van der Waals surface area contributed by atoms with E-state index in [1.165, 1.54) is 0 Å². The Kier molecular flexibility index (Phi) is 18.9. The van der Waals surface area contributed by atoms with E-state index in [1.54, 1.807) is 42.5 Å². The molecule has 1 saturated heterocycles. The van der Waals surface area contributed by atoms with Gasteiger partial charge in [0.1, 0.15) is 0 Å². The summed E-state index contributed by atoms with van der Waals surface area (Å²) in [4.78, 5) is 14.3. The van der Waals surface area contributed by atoms with E-state index >= 15 is 0 Å². The maximum Gasteiger partial charge on any atom is 0.530 e. The molecule has 0 bridgehead atoms. The van der Waals surface area contributed by atoms with Crippen molar-refractivity contribution in [3.8, 4) is 11.5 Å². The standard InChI is InChI=1S/C32H53NO9P2/c1-5-9-24-37-43(35,38-25-10-6-2)41-30-21-20-29(18-14-15-19-32(34)33-22-16-13-17-23-33)28-31(30)42-44(36,39-26-11-7-3)40-27-12-8-4/h14-15,18-21,28H,5-13,16-17,22-27H2,1-4H3/b18-14+,19-15+. The van der Waals surface area contributed by atoms with Crippen LogP contribution in [-0.2, 0) is 32.0 Å². The minimum Gasteiger partial charge on any atom is -0.400 e. The largest absolute Gasteiger partial charge is 0.530 e. The first-order valence-electron chi connectivity index (χ1n) is 16.2. The van der Waals surface area contributed by atoms with E-state index in [2.05, 4.69) is 0 Å². The number of rotatable bonds is 23. The normalized spacial score (nSPS) is 14.5. The van der Waals surface area contributed by atoms with Crippen molar-refractivity contribution in [2.45, 2.75) is 98.3 Å². The number of benzene rings is 1. The van der Waals surface area contributed by atoms with Crippen LogP contribution in [0.15, 0.2) is 36.4 Å². The summed E-state index contributed by atoms with van der Waals surface area (Å²) in [6, 6.07) is 4.87. The SMILES string of the molecule is CCCCOP(=O)(OCCCC)Oc1ccc(/C=C/C=C/C(=O)N2CCCCC2)cc1OP(=O)(OCCCC)OCCCC. The van der Waals surface area contributed by atoms with E-state index in [0.29, 0.717) is 31.2 Å². The first kappa shape index (κ1) is 38.3. The number of likely N-dealkylation sites (tertiary alicyclic amines) is 1. The van der Waals surface area contributed by atoms with Gasteiger partial charge in [-0.15, -0.1) is 0 Å². The molecule has 0 unspecified atom stereocenters. The highest BCUT2D eigenvalue weighted by Crippen LogP contribution is 2.56.